The Morgan fingerprint density at radius 2 is 1.61 bits per heavy atom. The molecule has 0 saturated heterocycles. The van der Waals surface area contributed by atoms with Gasteiger partial charge in [0.1, 0.15) is 5.82 Å². The molecule has 0 radical (unpaired) electrons. The molecule has 4 heteroatoms. The molecule has 2 aromatic rings. The molecule has 178 valence electrons. The highest BCUT2D eigenvalue weighted by molar-refractivity contribution is 5.71. The van der Waals surface area contributed by atoms with Gasteiger partial charge < -0.3 is 4.74 Å². The van der Waals surface area contributed by atoms with E-state index in [4.69, 9.17) is 4.74 Å². The summed E-state index contributed by atoms with van der Waals surface area (Å²) >= 11 is 0. The van der Waals surface area contributed by atoms with Gasteiger partial charge in [0.05, 0.1) is 7.11 Å². The second-order valence-electron chi connectivity index (χ2n) is 9.84. The molecule has 1 fully saturated rings. The quantitative estimate of drug-likeness (QED) is 0.385. The van der Waals surface area contributed by atoms with Crippen molar-refractivity contribution in [2.24, 2.45) is 11.8 Å². The highest BCUT2D eigenvalue weighted by Gasteiger charge is 2.23. The molecule has 0 bridgehead atoms. The predicted molar refractivity (Wildman–Crippen MR) is 129 cm³/mol. The van der Waals surface area contributed by atoms with Crippen LogP contribution in [0.15, 0.2) is 29.8 Å². The van der Waals surface area contributed by atoms with Crippen LogP contribution in [0.4, 0.5) is 13.2 Å². The lowest BCUT2D eigenvalue weighted by Gasteiger charge is -2.29. The van der Waals surface area contributed by atoms with Gasteiger partial charge in [0.25, 0.3) is 0 Å². The highest BCUT2D eigenvalue weighted by atomic mass is 19.2. The van der Waals surface area contributed by atoms with Gasteiger partial charge in [-0.2, -0.15) is 4.39 Å². The van der Waals surface area contributed by atoms with Crippen LogP contribution in [0.3, 0.4) is 0 Å². The zero-order chi connectivity index (χ0) is 23.4. The molecule has 0 spiro atoms. The Labute approximate surface area is 196 Å². The fourth-order valence-corrected chi connectivity index (χ4v) is 5.56. The number of unbranched alkanes of at least 4 members (excludes halogenated alkanes) is 1. The summed E-state index contributed by atoms with van der Waals surface area (Å²) in [7, 11) is 1.28. The summed E-state index contributed by atoms with van der Waals surface area (Å²) in [6, 6.07) is 5.87. The Kier molecular flexibility index (Phi) is 7.82. The normalized spacial score (nSPS) is 20.3. The second kappa shape index (κ2) is 10.8. The molecule has 0 aromatic heterocycles. The summed E-state index contributed by atoms with van der Waals surface area (Å²) in [5.74, 6) is -1.13. The van der Waals surface area contributed by atoms with E-state index in [2.05, 4.69) is 13.0 Å². The van der Waals surface area contributed by atoms with E-state index in [0.29, 0.717) is 0 Å². The van der Waals surface area contributed by atoms with E-state index >= 15 is 0 Å². The number of hydrogen-bond donors (Lipinski definition) is 0. The topological polar surface area (TPSA) is 9.23 Å². The zero-order valence-electron chi connectivity index (χ0n) is 19.9. The highest BCUT2D eigenvalue weighted by Crippen LogP contribution is 2.38. The fraction of sp³-hybridized carbons (Fsp3) is 0.517. The maximum atomic E-state index is 14.9. The van der Waals surface area contributed by atoms with Gasteiger partial charge in [-0.1, -0.05) is 63.5 Å². The molecular formula is C29H35F3O. The summed E-state index contributed by atoms with van der Waals surface area (Å²) < 4.78 is 48.4. The van der Waals surface area contributed by atoms with Crippen molar-refractivity contribution in [2.75, 3.05) is 7.11 Å². The Balaban J connectivity index is 1.42. The van der Waals surface area contributed by atoms with Crippen LogP contribution in [-0.2, 0) is 6.42 Å². The molecule has 0 heterocycles. The van der Waals surface area contributed by atoms with Crippen LogP contribution in [-0.4, -0.2) is 7.11 Å². The van der Waals surface area contributed by atoms with Gasteiger partial charge in [0.15, 0.2) is 11.6 Å². The van der Waals surface area contributed by atoms with Gasteiger partial charge in [0, 0.05) is 11.1 Å². The van der Waals surface area contributed by atoms with Crippen LogP contribution in [0.1, 0.15) is 82.3 Å². The molecule has 1 nitrogen and oxygen atoms in total. The van der Waals surface area contributed by atoms with Crippen LogP contribution < -0.4 is 4.74 Å². The fourth-order valence-electron chi connectivity index (χ4n) is 5.56. The average molecular weight is 457 g/mol. The summed E-state index contributed by atoms with van der Waals surface area (Å²) in [4.78, 5) is 0. The predicted octanol–water partition coefficient (Wildman–Crippen LogP) is 8.89. The number of rotatable bonds is 8. The SMILES string of the molecule is CCCCC1CCC(CCC2=Cc3cc(F)c(-c4ccc(OC)c(F)c4F)cc3CC2)CC1. The lowest BCUT2D eigenvalue weighted by Crippen LogP contribution is -2.15. The number of benzene rings is 2. The number of halogens is 3. The van der Waals surface area contributed by atoms with Gasteiger partial charge in [0.2, 0.25) is 5.82 Å². The molecule has 0 atom stereocenters. The van der Waals surface area contributed by atoms with Crippen molar-refractivity contribution < 1.29 is 17.9 Å². The molecule has 33 heavy (non-hydrogen) atoms. The number of fused-ring (bicyclic) bond motifs is 1. The largest absolute Gasteiger partial charge is 0.494 e. The third kappa shape index (κ3) is 5.47. The molecule has 0 unspecified atom stereocenters. The molecule has 2 aliphatic rings. The maximum Gasteiger partial charge on any atom is 0.201 e. The van der Waals surface area contributed by atoms with Crippen LogP contribution in [0, 0.1) is 29.3 Å². The van der Waals surface area contributed by atoms with Crippen LogP contribution >= 0.6 is 0 Å². The average Bonchev–Trinajstić information content (AvgIpc) is 2.83. The van der Waals surface area contributed by atoms with Crippen molar-refractivity contribution in [3.8, 4) is 16.9 Å². The molecule has 0 N–H and O–H groups in total. The smallest absolute Gasteiger partial charge is 0.201 e. The lowest BCUT2D eigenvalue weighted by atomic mass is 9.77. The molecule has 2 aliphatic carbocycles. The standard InChI is InChI=1S/C29H35F3O/c1-3-4-5-19-6-8-20(9-7-19)10-11-21-12-13-22-17-25(26(30)18-23(22)16-21)24-14-15-27(33-2)29(32)28(24)31/h14-20H,3-13H2,1-2H3. The number of aryl methyl sites for hydroxylation is 1. The Morgan fingerprint density at radius 1 is 0.879 bits per heavy atom. The minimum absolute atomic E-state index is 0.0714. The Morgan fingerprint density at radius 3 is 2.30 bits per heavy atom. The van der Waals surface area contributed by atoms with Crippen LogP contribution in [0.5, 0.6) is 5.75 Å². The molecule has 2 aromatic carbocycles. The number of hydrogen-bond acceptors (Lipinski definition) is 1. The molecule has 1 saturated carbocycles. The number of methoxy groups -OCH3 is 1. The summed E-state index contributed by atoms with van der Waals surface area (Å²) in [6.07, 6.45) is 15.7. The second-order valence-corrected chi connectivity index (χ2v) is 9.84. The van der Waals surface area contributed by atoms with Crippen LogP contribution in [0.25, 0.3) is 17.2 Å². The van der Waals surface area contributed by atoms with Gasteiger partial charge in [-0.25, -0.2) is 8.78 Å². The van der Waals surface area contributed by atoms with Crippen molar-refractivity contribution in [3.05, 3.63) is 58.4 Å². The van der Waals surface area contributed by atoms with E-state index in [0.717, 1.165) is 42.2 Å². The summed E-state index contributed by atoms with van der Waals surface area (Å²) in [5, 5.41) is 0. The zero-order valence-corrected chi connectivity index (χ0v) is 19.9. The third-order valence-electron chi connectivity index (χ3n) is 7.67. The number of allylic oxidation sites excluding steroid dienone is 1. The van der Waals surface area contributed by atoms with Gasteiger partial charge in [-0.05, 0) is 72.9 Å². The van der Waals surface area contributed by atoms with Gasteiger partial charge in [-0.3, -0.25) is 0 Å². The summed E-state index contributed by atoms with van der Waals surface area (Å²) in [5.41, 5.74) is 3.27. The first-order valence-corrected chi connectivity index (χ1v) is 12.5. The van der Waals surface area contributed by atoms with Gasteiger partial charge >= 0.3 is 0 Å². The lowest BCUT2D eigenvalue weighted by molar-refractivity contribution is 0.249. The van der Waals surface area contributed by atoms with Crippen molar-refractivity contribution in [1.82, 2.24) is 0 Å². The first-order valence-electron chi connectivity index (χ1n) is 12.5. The molecule has 4 rings (SSSR count). The minimum atomic E-state index is -1.09. The first kappa shape index (κ1) is 23.9. The van der Waals surface area contributed by atoms with E-state index in [-0.39, 0.29) is 16.9 Å². The minimum Gasteiger partial charge on any atom is -0.494 e. The van der Waals surface area contributed by atoms with E-state index in [1.165, 1.54) is 82.2 Å². The maximum absolute atomic E-state index is 14.9. The van der Waals surface area contributed by atoms with E-state index < -0.39 is 17.5 Å². The van der Waals surface area contributed by atoms with Crippen molar-refractivity contribution in [2.45, 2.75) is 77.6 Å². The third-order valence-corrected chi connectivity index (χ3v) is 7.67. The Hall–Kier alpha value is -2.23. The number of ether oxygens (including phenoxy) is 1. The first-order chi connectivity index (χ1) is 16.0. The van der Waals surface area contributed by atoms with E-state index in [1.807, 2.05) is 0 Å². The van der Waals surface area contributed by atoms with Crippen LogP contribution in [0.2, 0.25) is 0 Å². The summed E-state index contributed by atoms with van der Waals surface area (Å²) in [6.45, 7) is 2.27. The van der Waals surface area contributed by atoms with Gasteiger partial charge in [-0.15, -0.1) is 0 Å². The van der Waals surface area contributed by atoms with E-state index in [9.17, 15) is 13.2 Å². The monoisotopic (exact) mass is 456 g/mol. The van der Waals surface area contributed by atoms with Crippen molar-refractivity contribution in [1.29, 1.82) is 0 Å². The molecule has 0 amide bonds. The van der Waals surface area contributed by atoms with Crippen molar-refractivity contribution >= 4 is 6.08 Å². The Bertz CT molecular complexity index is 1000. The van der Waals surface area contributed by atoms with Crippen molar-refractivity contribution in [3.63, 3.8) is 0 Å². The molecular weight excluding hydrogens is 421 g/mol. The molecule has 0 aliphatic heterocycles. The van der Waals surface area contributed by atoms with E-state index in [1.54, 1.807) is 6.07 Å².